The Bertz CT molecular complexity index is 637. The van der Waals surface area contributed by atoms with Crippen molar-refractivity contribution in [3.05, 3.63) is 58.7 Å². The van der Waals surface area contributed by atoms with E-state index in [-0.39, 0.29) is 5.92 Å². The van der Waals surface area contributed by atoms with Crippen molar-refractivity contribution in [2.75, 3.05) is 20.8 Å². The third-order valence-corrected chi connectivity index (χ3v) is 4.11. The Balaban J connectivity index is 2.30. The van der Waals surface area contributed by atoms with Crippen LogP contribution in [0.4, 0.5) is 0 Å². The first-order valence-corrected chi connectivity index (χ1v) is 7.57. The van der Waals surface area contributed by atoms with Crippen molar-refractivity contribution in [3.8, 4) is 11.5 Å². The van der Waals surface area contributed by atoms with E-state index in [0.717, 1.165) is 23.5 Å². The summed E-state index contributed by atoms with van der Waals surface area (Å²) in [6.07, 6.45) is 0.855. The zero-order valence-corrected chi connectivity index (χ0v) is 13.8. The minimum absolute atomic E-state index is 0.280. The molecule has 1 atom stereocenters. The number of aryl methyl sites for hydroxylation is 2. The molecule has 2 rings (SSSR count). The Kier molecular flexibility index (Phi) is 5.45. The van der Waals surface area contributed by atoms with Gasteiger partial charge in [0.2, 0.25) is 0 Å². The van der Waals surface area contributed by atoms with Crippen LogP contribution in [0.1, 0.15) is 28.2 Å². The molecule has 0 radical (unpaired) electrons. The van der Waals surface area contributed by atoms with Crippen molar-refractivity contribution < 1.29 is 9.47 Å². The molecule has 0 aromatic heterocycles. The first-order chi connectivity index (χ1) is 10.6. The Hall–Kier alpha value is -2.00. The average Bonchev–Trinajstić information content (AvgIpc) is 2.53. The van der Waals surface area contributed by atoms with Crippen LogP contribution in [0.25, 0.3) is 0 Å². The molecule has 2 N–H and O–H groups in total. The highest BCUT2D eigenvalue weighted by Crippen LogP contribution is 2.30. The highest BCUT2D eigenvalue weighted by Gasteiger charge is 2.16. The van der Waals surface area contributed by atoms with E-state index in [1.54, 1.807) is 14.2 Å². The molecule has 3 nitrogen and oxygen atoms in total. The van der Waals surface area contributed by atoms with Crippen LogP contribution in [0.3, 0.4) is 0 Å². The van der Waals surface area contributed by atoms with Gasteiger partial charge < -0.3 is 15.2 Å². The van der Waals surface area contributed by atoms with Gasteiger partial charge in [0.05, 0.1) is 14.2 Å². The zero-order valence-electron chi connectivity index (χ0n) is 13.8. The average molecular weight is 299 g/mol. The maximum absolute atomic E-state index is 6.04. The Morgan fingerprint density at radius 2 is 1.77 bits per heavy atom. The summed E-state index contributed by atoms with van der Waals surface area (Å²) in [6.45, 7) is 4.87. The summed E-state index contributed by atoms with van der Waals surface area (Å²) in [5.74, 6) is 1.93. The first-order valence-electron chi connectivity index (χ1n) is 7.57. The molecule has 0 fully saturated rings. The molecule has 0 saturated carbocycles. The van der Waals surface area contributed by atoms with E-state index in [4.69, 9.17) is 15.2 Å². The van der Waals surface area contributed by atoms with Crippen molar-refractivity contribution in [3.63, 3.8) is 0 Å². The van der Waals surface area contributed by atoms with Gasteiger partial charge in [-0.3, -0.25) is 0 Å². The van der Waals surface area contributed by atoms with E-state index in [0.29, 0.717) is 6.54 Å². The number of hydrogen-bond acceptors (Lipinski definition) is 3. The minimum atomic E-state index is 0.280. The lowest BCUT2D eigenvalue weighted by atomic mass is 9.88. The summed E-state index contributed by atoms with van der Waals surface area (Å²) in [5.41, 5.74) is 11.1. The van der Waals surface area contributed by atoms with E-state index in [1.165, 1.54) is 16.7 Å². The molecule has 22 heavy (non-hydrogen) atoms. The predicted molar refractivity (Wildman–Crippen MR) is 91.0 cm³/mol. The van der Waals surface area contributed by atoms with E-state index in [1.807, 2.05) is 12.1 Å². The van der Waals surface area contributed by atoms with E-state index >= 15 is 0 Å². The normalized spacial score (nSPS) is 12.0. The molecule has 1 unspecified atom stereocenters. The van der Waals surface area contributed by atoms with Gasteiger partial charge in [-0.2, -0.15) is 0 Å². The van der Waals surface area contributed by atoms with Gasteiger partial charge in [0, 0.05) is 12.0 Å². The molecule has 0 aliphatic heterocycles. The molecule has 2 aromatic carbocycles. The van der Waals surface area contributed by atoms with Crippen LogP contribution in [-0.2, 0) is 6.42 Å². The quantitative estimate of drug-likeness (QED) is 0.886. The number of rotatable bonds is 6. The maximum atomic E-state index is 6.04. The van der Waals surface area contributed by atoms with Gasteiger partial charge in [-0.05, 0) is 49.6 Å². The summed E-state index contributed by atoms with van der Waals surface area (Å²) < 4.78 is 10.8. The van der Waals surface area contributed by atoms with Crippen molar-refractivity contribution in [1.82, 2.24) is 0 Å². The van der Waals surface area contributed by atoms with Gasteiger partial charge in [-0.25, -0.2) is 0 Å². The number of methoxy groups -OCH3 is 2. The van der Waals surface area contributed by atoms with Gasteiger partial charge >= 0.3 is 0 Å². The fourth-order valence-electron chi connectivity index (χ4n) is 2.89. The fourth-order valence-corrected chi connectivity index (χ4v) is 2.89. The lowest BCUT2D eigenvalue weighted by Crippen LogP contribution is -2.16. The smallest absolute Gasteiger partial charge is 0.125 e. The highest BCUT2D eigenvalue weighted by molar-refractivity contribution is 5.43. The largest absolute Gasteiger partial charge is 0.497 e. The Morgan fingerprint density at radius 3 is 2.36 bits per heavy atom. The van der Waals surface area contributed by atoms with E-state index < -0.39 is 0 Å². The minimum Gasteiger partial charge on any atom is -0.497 e. The van der Waals surface area contributed by atoms with E-state index in [9.17, 15) is 0 Å². The monoisotopic (exact) mass is 299 g/mol. The Labute approximate surface area is 133 Å². The van der Waals surface area contributed by atoms with Gasteiger partial charge in [-0.15, -0.1) is 0 Å². The van der Waals surface area contributed by atoms with E-state index in [2.05, 4.69) is 38.1 Å². The van der Waals surface area contributed by atoms with Gasteiger partial charge in [-0.1, -0.05) is 29.8 Å². The van der Waals surface area contributed by atoms with Gasteiger partial charge in [0.25, 0.3) is 0 Å². The van der Waals surface area contributed by atoms with Crippen molar-refractivity contribution in [2.24, 2.45) is 5.73 Å². The lowest BCUT2D eigenvalue weighted by Gasteiger charge is -2.20. The number of ether oxygens (including phenoxy) is 2. The second kappa shape index (κ2) is 7.32. The van der Waals surface area contributed by atoms with Gasteiger partial charge in [0.15, 0.2) is 0 Å². The van der Waals surface area contributed by atoms with Crippen LogP contribution in [0.2, 0.25) is 0 Å². The molecule has 0 aliphatic carbocycles. The Morgan fingerprint density at radius 1 is 1.00 bits per heavy atom. The topological polar surface area (TPSA) is 44.5 Å². The van der Waals surface area contributed by atoms with Crippen LogP contribution in [0, 0.1) is 13.8 Å². The molecule has 0 bridgehead atoms. The molecule has 0 heterocycles. The van der Waals surface area contributed by atoms with Crippen LogP contribution >= 0.6 is 0 Å². The SMILES string of the molecule is COc1ccc(CC(CN)c2ccc(C)cc2C)c(OC)c1. The molecule has 3 heteroatoms. The third-order valence-electron chi connectivity index (χ3n) is 4.11. The van der Waals surface area contributed by atoms with Crippen LogP contribution < -0.4 is 15.2 Å². The molecule has 118 valence electrons. The first kappa shape index (κ1) is 16.4. The zero-order chi connectivity index (χ0) is 16.1. The number of hydrogen-bond donors (Lipinski definition) is 1. The summed E-state index contributed by atoms with van der Waals surface area (Å²) in [5, 5.41) is 0. The summed E-state index contributed by atoms with van der Waals surface area (Å²) in [7, 11) is 3.35. The van der Waals surface area contributed by atoms with Gasteiger partial charge in [0.1, 0.15) is 11.5 Å². The molecule has 0 aliphatic rings. The van der Waals surface area contributed by atoms with Crippen molar-refractivity contribution >= 4 is 0 Å². The number of benzene rings is 2. The standard InChI is InChI=1S/C19H25NO2/c1-13-5-8-18(14(2)9-13)16(12-20)10-15-6-7-17(21-3)11-19(15)22-4/h5-9,11,16H,10,12,20H2,1-4H3. The molecule has 0 amide bonds. The molecular formula is C19H25NO2. The molecule has 0 saturated heterocycles. The highest BCUT2D eigenvalue weighted by atomic mass is 16.5. The molecular weight excluding hydrogens is 274 g/mol. The maximum Gasteiger partial charge on any atom is 0.125 e. The fraction of sp³-hybridized carbons (Fsp3) is 0.368. The summed E-state index contributed by atoms with van der Waals surface area (Å²) in [6, 6.07) is 12.5. The molecule has 0 spiro atoms. The summed E-state index contributed by atoms with van der Waals surface area (Å²) >= 11 is 0. The molecule has 2 aromatic rings. The van der Waals surface area contributed by atoms with Crippen molar-refractivity contribution in [1.29, 1.82) is 0 Å². The van der Waals surface area contributed by atoms with Crippen molar-refractivity contribution in [2.45, 2.75) is 26.2 Å². The second-order valence-electron chi connectivity index (χ2n) is 5.67. The third kappa shape index (κ3) is 3.60. The predicted octanol–water partition coefficient (Wildman–Crippen LogP) is 3.61. The summed E-state index contributed by atoms with van der Waals surface area (Å²) in [4.78, 5) is 0. The second-order valence-corrected chi connectivity index (χ2v) is 5.67. The lowest BCUT2D eigenvalue weighted by molar-refractivity contribution is 0.390. The van der Waals surface area contributed by atoms with Crippen LogP contribution in [0.5, 0.6) is 11.5 Å². The number of nitrogens with two attached hydrogens (primary N) is 1. The van der Waals surface area contributed by atoms with Crippen LogP contribution in [0.15, 0.2) is 36.4 Å². The van der Waals surface area contributed by atoms with Crippen LogP contribution in [-0.4, -0.2) is 20.8 Å².